The minimum Gasteiger partial charge on any atom is -0.360 e. The van der Waals surface area contributed by atoms with Crippen LogP contribution in [-0.2, 0) is 17.6 Å². The van der Waals surface area contributed by atoms with Crippen molar-refractivity contribution in [1.82, 2.24) is 10.1 Å². The molecule has 0 radical (unpaired) electrons. The summed E-state index contributed by atoms with van der Waals surface area (Å²) in [5, 5.41) is 16.5. The van der Waals surface area contributed by atoms with Crippen molar-refractivity contribution in [3.05, 3.63) is 34.7 Å². The first-order valence-corrected chi connectivity index (χ1v) is 10.9. The van der Waals surface area contributed by atoms with E-state index in [0.29, 0.717) is 34.5 Å². The molecule has 154 valence electrons. The number of amides is 1. The Morgan fingerprint density at radius 2 is 2.21 bits per heavy atom. The maximum Gasteiger partial charge on any atom is 0.239 e. The summed E-state index contributed by atoms with van der Waals surface area (Å²) in [6.45, 7) is 10.5. The molecule has 1 N–H and O–H groups in total. The number of aryl methyl sites for hydroxylation is 2. The van der Waals surface area contributed by atoms with E-state index in [2.05, 4.69) is 37.3 Å². The lowest BCUT2D eigenvalue weighted by Crippen LogP contribution is -2.28. The first-order chi connectivity index (χ1) is 13.7. The van der Waals surface area contributed by atoms with Crippen LogP contribution in [0.25, 0.3) is 0 Å². The van der Waals surface area contributed by atoms with Crippen LogP contribution in [-0.4, -0.2) is 21.3 Å². The smallest absolute Gasteiger partial charge is 0.239 e. The van der Waals surface area contributed by atoms with Crippen LogP contribution in [0, 0.1) is 29.6 Å². The van der Waals surface area contributed by atoms with Crippen LogP contribution in [0.2, 0.25) is 0 Å². The van der Waals surface area contributed by atoms with Crippen LogP contribution >= 0.6 is 11.8 Å². The highest BCUT2D eigenvalue weighted by atomic mass is 32.2. The fourth-order valence-corrected chi connectivity index (χ4v) is 4.64. The quantitative estimate of drug-likeness (QED) is 0.702. The number of hydrogen-bond donors (Lipinski definition) is 1. The van der Waals surface area contributed by atoms with E-state index in [1.165, 1.54) is 17.3 Å². The van der Waals surface area contributed by atoms with E-state index in [1.54, 1.807) is 13.0 Å². The van der Waals surface area contributed by atoms with Crippen LogP contribution in [0.5, 0.6) is 0 Å². The summed E-state index contributed by atoms with van der Waals surface area (Å²) in [7, 11) is 0. The highest BCUT2D eigenvalue weighted by Crippen LogP contribution is 2.38. The van der Waals surface area contributed by atoms with Crippen molar-refractivity contribution >= 4 is 23.5 Å². The third-order valence-corrected chi connectivity index (χ3v) is 6.86. The number of hydrogen-bond acceptors (Lipinski definition) is 6. The number of thioether (sulfide) groups is 1. The van der Waals surface area contributed by atoms with Gasteiger partial charge in [0.2, 0.25) is 5.91 Å². The van der Waals surface area contributed by atoms with Gasteiger partial charge < -0.3 is 9.84 Å². The second-order valence-electron chi connectivity index (χ2n) is 8.69. The molecule has 2 unspecified atom stereocenters. The molecule has 29 heavy (non-hydrogen) atoms. The molecule has 2 heterocycles. The minimum atomic E-state index is -0.365. The Hall–Kier alpha value is -2.33. The summed E-state index contributed by atoms with van der Waals surface area (Å²) in [5.74, 6) is 1.46. The molecule has 2 atom stereocenters. The summed E-state index contributed by atoms with van der Waals surface area (Å²) in [4.78, 5) is 17.5. The van der Waals surface area contributed by atoms with E-state index >= 15 is 0 Å². The Bertz CT molecular complexity index is 939. The number of nitrogens with zero attached hydrogens (tertiary/aromatic N) is 3. The Morgan fingerprint density at radius 1 is 1.45 bits per heavy atom. The van der Waals surface area contributed by atoms with Gasteiger partial charge in [-0.15, -0.1) is 0 Å². The third-order valence-electron chi connectivity index (χ3n) is 5.49. The maximum atomic E-state index is 12.7. The van der Waals surface area contributed by atoms with Gasteiger partial charge in [-0.3, -0.25) is 4.79 Å². The Balaban J connectivity index is 1.79. The summed E-state index contributed by atoms with van der Waals surface area (Å²) in [6.07, 6.45) is 3.58. The van der Waals surface area contributed by atoms with E-state index in [1.807, 2.05) is 13.0 Å². The molecule has 6 nitrogen and oxygen atoms in total. The molecule has 2 aromatic rings. The molecule has 2 aromatic heterocycles. The SMILES string of the molecule is CCC(Sc1nc2c(cc1C#N)CC(C(C)(C)C)CC2)C(=O)Nc1cc(C)on1. The number of nitrogens with one attached hydrogen (secondary N) is 1. The number of fused-ring (bicyclic) bond motifs is 1. The summed E-state index contributed by atoms with van der Waals surface area (Å²) in [6, 6.07) is 5.94. The molecule has 7 heteroatoms. The summed E-state index contributed by atoms with van der Waals surface area (Å²) < 4.78 is 5.00. The Kier molecular flexibility index (Phi) is 6.33. The van der Waals surface area contributed by atoms with Gasteiger partial charge in [0.25, 0.3) is 0 Å². The number of aromatic nitrogens is 2. The molecule has 0 aromatic carbocycles. The monoisotopic (exact) mass is 412 g/mol. The largest absolute Gasteiger partial charge is 0.360 e. The Morgan fingerprint density at radius 3 is 2.79 bits per heavy atom. The van der Waals surface area contributed by atoms with Gasteiger partial charge in [0.1, 0.15) is 16.9 Å². The van der Waals surface area contributed by atoms with Crippen molar-refractivity contribution in [2.75, 3.05) is 5.32 Å². The normalized spacial score (nSPS) is 17.3. The zero-order valence-corrected chi connectivity index (χ0v) is 18.5. The average molecular weight is 413 g/mol. The number of nitriles is 1. The van der Waals surface area contributed by atoms with Crippen LogP contribution in [0.3, 0.4) is 0 Å². The van der Waals surface area contributed by atoms with Gasteiger partial charge in [0.05, 0.1) is 10.8 Å². The molecule has 1 aliphatic carbocycles. The van der Waals surface area contributed by atoms with Crippen molar-refractivity contribution in [2.45, 2.75) is 70.6 Å². The standard InChI is InChI=1S/C22H28N4O2S/c1-6-18(20(27)25-19-9-13(2)28-26-19)29-21-15(12-23)10-14-11-16(22(3,4)5)7-8-17(14)24-21/h9-10,16,18H,6-8,11H2,1-5H3,(H,25,26,27). The van der Waals surface area contributed by atoms with Gasteiger partial charge in [-0.2, -0.15) is 5.26 Å². The van der Waals surface area contributed by atoms with Crippen LogP contribution < -0.4 is 5.32 Å². The van der Waals surface area contributed by atoms with Crippen LogP contribution in [0.4, 0.5) is 5.82 Å². The molecule has 3 rings (SSSR count). The molecule has 0 aliphatic heterocycles. The number of carbonyl (C=O) groups is 1. The first kappa shape index (κ1) is 21.4. The molecule has 0 saturated carbocycles. The lowest BCUT2D eigenvalue weighted by atomic mass is 9.71. The van der Waals surface area contributed by atoms with E-state index in [9.17, 15) is 10.1 Å². The zero-order valence-electron chi connectivity index (χ0n) is 17.7. The van der Waals surface area contributed by atoms with Crippen LogP contribution in [0.15, 0.2) is 21.7 Å². The molecule has 0 saturated heterocycles. The van der Waals surface area contributed by atoms with Gasteiger partial charge in [-0.1, -0.05) is 44.6 Å². The third kappa shape index (κ3) is 4.99. The number of anilines is 1. The van der Waals surface area contributed by atoms with Gasteiger partial charge in [0, 0.05) is 11.8 Å². The van der Waals surface area contributed by atoms with E-state index < -0.39 is 0 Å². The Labute approximate surface area is 176 Å². The van der Waals surface area contributed by atoms with Gasteiger partial charge in [-0.25, -0.2) is 4.98 Å². The van der Waals surface area contributed by atoms with Crippen LogP contribution in [0.1, 0.15) is 63.1 Å². The lowest BCUT2D eigenvalue weighted by Gasteiger charge is -2.34. The molecule has 0 fully saturated rings. The lowest BCUT2D eigenvalue weighted by molar-refractivity contribution is -0.115. The van der Waals surface area contributed by atoms with Crippen molar-refractivity contribution < 1.29 is 9.32 Å². The topological polar surface area (TPSA) is 91.8 Å². The highest BCUT2D eigenvalue weighted by molar-refractivity contribution is 8.00. The summed E-state index contributed by atoms with van der Waals surface area (Å²) in [5.41, 5.74) is 3.02. The maximum absolute atomic E-state index is 12.7. The fraction of sp³-hybridized carbons (Fsp3) is 0.545. The van der Waals surface area contributed by atoms with Gasteiger partial charge in [0.15, 0.2) is 5.82 Å². The molecule has 0 bridgehead atoms. The van der Waals surface area contributed by atoms with Crippen molar-refractivity contribution in [3.63, 3.8) is 0 Å². The van der Waals surface area contributed by atoms with Gasteiger partial charge in [-0.05, 0) is 55.6 Å². The number of carbonyl (C=O) groups excluding carboxylic acids is 1. The van der Waals surface area contributed by atoms with E-state index in [-0.39, 0.29) is 16.6 Å². The summed E-state index contributed by atoms with van der Waals surface area (Å²) >= 11 is 1.35. The molecule has 1 amide bonds. The second-order valence-corrected chi connectivity index (χ2v) is 9.88. The molecular weight excluding hydrogens is 384 g/mol. The first-order valence-electron chi connectivity index (χ1n) is 10.0. The highest BCUT2D eigenvalue weighted by Gasteiger charge is 2.30. The predicted molar refractivity (Wildman–Crippen MR) is 114 cm³/mol. The number of rotatable bonds is 5. The van der Waals surface area contributed by atoms with Gasteiger partial charge >= 0.3 is 0 Å². The zero-order chi connectivity index (χ0) is 21.2. The second kappa shape index (κ2) is 8.58. The predicted octanol–water partition coefficient (Wildman–Crippen LogP) is 4.91. The molecular formula is C22H28N4O2S. The fourth-order valence-electron chi connectivity index (χ4n) is 3.64. The van der Waals surface area contributed by atoms with Crippen molar-refractivity contribution in [2.24, 2.45) is 11.3 Å². The minimum absolute atomic E-state index is 0.165. The van der Waals surface area contributed by atoms with Crippen molar-refractivity contribution in [1.29, 1.82) is 5.26 Å². The van der Waals surface area contributed by atoms with E-state index in [4.69, 9.17) is 9.51 Å². The number of pyridine rings is 1. The molecule has 0 spiro atoms. The molecule has 1 aliphatic rings. The average Bonchev–Trinajstić information content (AvgIpc) is 3.08. The van der Waals surface area contributed by atoms with Crippen molar-refractivity contribution in [3.8, 4) is 6.07 Å². The van der Waals surface area contributed by atoms with E-state index in [0.717, 1.165) is 25.0 Å².